The molecule has 0 spiro atoms. The second kappa shape index (κ2) is 4.08. The molecule has 0 fully saturated rings. The van der Waals surface area contributed by atoms with E-state index in [9.17, 15) is 0 Å². The normalized spacial score (nSPS) is 11.3. The first-order valence-corrected chi connectivity index (χ1v) is 4.08. The van der Waals surface area contributed by atoms with Gasteiger partial charge in [0.15, 0.2) is 0 Å². The molecule has 5 heteroatoms. The van der Waals surface area contributed by atoms with Crippen molar-refractivity contribution in [3.63, 3.8) is 0 Å². The van der Waals surface area contributed by atoms with Gasteiger partial charge >= 0.3 is 0 Å². The molecule has 0 heterocycles. The Labute approximate surface area is 78.8 Å². The lowest BCUT2D eigenvalue weighted by molar-refractivity contribution is 1.01. The third-order valence-corrected chi connectivity index (χ3v) is 1.70. The number of hydrazine groups is 1. The molecule has 0 atom stereocenters. The fraction of sp³-hybridized carbons (Fsp3) is 0. The Morgan fingerprint density at radius 1 is 1.50 bits per heavy atom. The highest BCUT2D eigenvalue weighted by Gasteiger charge is 1.91. The van der Waals surface area contributed by atoms with E-state index in [1.807, 2.05) is 24.3 Å². The number of nitrogens with one attached hydrogen (secondary N) is 1. The summed E-state index contributed by atoms with van der Waals surface area (Å²) >= 11 is 3.31. The molecule has 0 saturated heterocycles. The maximum absolute atomic E-state index is 5.35. The average molecular weight is 229 g/mol. The van der Waals surface area contributed by atoms with Crippen molar-refractivity contribution < 1.29 is 0 Å². The van der Waals surface area contributed by atoms with Gasteiger partial charge in [0.25, 0.3) is 0 Å². The van der Waals surface area contributed by atoms with Gasteiger partial charge in [0.05, 0.1) is 5.69 Å². The van der Waals surface area contributed by atoms with Crippen LogP contribution in [0.25, 0.3) is 0 Å². The van der Waals surface area contributed by atoms with Crippen molar-refractivity contribution in [3.8, 4) is 0 Å². The van der Waals surface area contributed by atoms with Crippen molar-refractivity contribution >= 4 is 27.6 Å². The van der Waals surface area contributed by atoms with Gasteiger partial charge in [0, 0.05) is 4.47 Å². The van der Waals surface area contributed by atoms with E-state index in [1.54, 1.807) is 0 Å². The molecule has 1 rings (SSSR count). The van der Waals surface area contributed by atoms with E-state index in [0.29, 0.717) is 0 Å². The first-order chi connectivity index (χ1) is 5.72. The van der Waals surface area contributed by atoms with Gasteiger partial charge in [-0.05, 0) is 18.2 Å². The molecular weight excluding hydrogens is 220 g/mol. The first-order valence-electron chi connectivity index (χ1n) is 3.28. The summed E-state index contributed by atoms with van der Waals surface area (Å²) in [5.41, 5.74) is 8.35. The molecule has 0 bridgehead atoms. The SMILES string of the molecule is NNC(N)=Nc1cccc(Br)c1. The number of nitrogens with zero attached hydrogens (tertiary/aromatic N) is 1. The van der Waals surface area contributed by atoms with Gasteiger partial charge in [0.1, 0.15) is 0 Å². The zero-order chi connectivity index (χ0) is 8.97. The largest absolute Gasteiger partial charge is 0.369 e. The summed E-state index contributed by atoms with van der Waals surface area (Å²) in [6.07, 6.45) is 0. The summed E-state index contributed by atoms with van der Waals surface area (Å²) in [6, 6.07) is 7.44. The molecule has 64 valence electrons. The van der Waals surface area contributed by atoms with Crippen LogP contribution < -0.4 is 17.0 Å². The van der Waals surface area contributed by atoms with Gasteiger partial charge < -0.3 is 5.73 Å². The molecule has 0 aliphatic heterocycles. The average Bonchev–Trinajstić information content (AvgIpc) is 2.04. The number of benzene rings is 1. The molecule has 0 saturated carbocycles. The van der Waals surface area contributed by atoms with Crippen molar-refractivity contribution in [2.24, 2.45) is 16.6 Å². The van der Waals surface area contributed by atoms with Crippen molar-refractivity contribution in [1.82, 2.24) is 5.43 Å². The van der Waals surface area contributed by atoms with Crippen LogP contribution in [0.15, 0.2) is 33.7 Å². The highest BCUT2D eigenvalue weighted by molar-refractivity contribution is 9.10. The van der Waals surface area contributed by atoms with Crippen LogP contribution in [0.4, 0.5) is 5.69 Å². The molecule has 0 radical (unpaired) electrons. The monoisotopic (exact) mass is 228 g/mol. The van der Waals surface area contributed by atoms with Crippen LogP contribution in [0.2, 0.25) is 0 Å². The maximum atomic E-state index is 5.35. The fourth-order valence-electron chi connectivity index (χ4n) is 0.717. The molecule has 5 N–H and O–H groups in total. The Morgan fingerprint density at radius 2 is 2.25 bits per heavy atom. The van der Waals surface area contributed by atoms with Gasteiger partial charge in [-0.3, -0.25) is 5.43 Å². The van der Waals surface area contributed by atoms with E-state index in [-0.39, 0.29) is 5.96 Å². The third-order valence-electron chi connectivity index (χ3n) is 1.21. The predicted molar refractivity (Wildman–Crippen MR) is 52.7 cm³/mol. The first kappa shape index (κ1) is 9.02. The highest BCUT2D eigenvalue weighted by atomic mass is 79.9. The summed E-state index contributed by atoms with van der Waals surface area (Å²) in [5, 5.41) is 0. The lowest BCUT2D eigenvalue weighted by Gasteiger charge is -1.98. The van der Waals surface area contributed by atoms with E-state index in [1.165, 1.54) is 0 Å². The zero-order valence-electron chi connectivity index (χ0n) is 6.29. The Balaban J connectivity index is 2.89. The maximum Gasteiger partial charge on any atom is 0.208 e. The molecule has 0 unspecified atom stereocenters. The molecular formula is C7H9BrN4. The summed E-state index contributed by atoms with van der Waals surface area (Å²) < 4.78 is 0.952. The van der Waals surface area contributed by atoms with Gasteiger partial charge in [-0.2, -0.15) is 0 Å². The Morgan fingerprint density at radius 3 is 2.83 bits per heavy atom. The van der Waals surface area contributed by atoms with Crippen LogP contribution in [-0.2, 0) is 0 Å². The molecule has 0 aromatic heterocycles. The van der Waals surface area contributed by atoms with Crippen LogP contribution in [-0.4, -0.2) is 5.96 Å². The van der Waals surface area contributed by atoms with Crippen LogP contribution in [0.5, 0.6) is 0 Å². The lowest BCUT2D eigenvalue weighted by atomic mass is 10.3. The summed E-state index contributed by atoms with van der Waals surface area (Å²) in [4.78, 5) is 3.97. The van der Waals surface area contributed by atoms with Gasteiger partial charge in [-0.25, -0.2) is 10.8 Å². The molecule has 12 heavy (non-hydrogen) atoms. The Kier molecular flexibility index (Phi) is 3.07. The minimum absolute atomic E-state index is 0.188. The number of aliphatic imine (C=N–C) groups is 1. The van der Waals surface area contributed by atoms with Crippen LogP contribution in [0.3, 0.4) is 0 Å². The minimum atomic E-state index is 0.188. The number of halogens is 1. The number of rotatable bonds is 1. The predicted octanol–water partition coefficient (Wildman–Crippen LogP) is 0.859. The van der Waals surface area contributed by atoms with Crippen molar-refractivity contribution in [2.75, 3.05) is 0 Å². The minimum Gasteiger partial charge on any atom is -0.369 e. The van der Waals surface area contributed by atoms with Gasteiger partial charge in [0.2, 0.25) is 5.96 Å². The van der Waals surface area contributed by atoms with E-state index < -0.39 is 0 Å². The molecule has 4 nitrogen and oxygen atoms in total. The van der Waals surface area contributed by atoms with Crippen molar-refractivity contribution in [3.05, 3.63) is 28.7 Å². The van der Waals surface area contributed by atoms with Gasteiger partial charge in [-0.1, -0.05) is 22.0 Å². The Hall–Kier alpha value is -1.07. The Bertz CT molecular complexity index is 297. The van der Waals surface area contributed by atoms with E-state index in [2.05, 4.69) is 26.3 Å². The number of guanidine groups is 1. The quantitative estimate of drug-likeness (QED) is 0.289. The molecule has 0 aliphatic rings. The number of nitrogens with two attached hydrogens (primary N) is 2. The molecule has 0 amide bonds. The van der Waals surface area contributed by atoms with Crippen LogP contribution in [0.1, 0.15) is 0 Å². The standard InChI is InChI=1S/C7H9BrN4/c8-5-2-1-3-6(4-5)11-7(9)12-10/h1-4H,10H2,(H3,9,11,12). The van der Waals surface area contributed by atoms with Crippen LogP contribution in [0, 0.1) is 0 Å². The second-order valence-electron chi connectivity index (χ2n) is 2.12. The highest BCUT2D eigenvalue weighted by Crippen LogP contribution is 2.17. The van der Waals surface area contributed by atoms with Crippen LogP contribution >= 0.6 is 15.9 Å². The molecule has 1 aromatic rings. The molecule has 1 aromatic carbocycles. The van der Waals surface area contributed by atoms with E-state index in [4.69, 9.17) is 11.6 Å². The topological polar surface area (TPSA) is 76.4 Å². The number of hydrogen-bond donors (Lipinski definition) is 3. The summed E-state index contributed by atoms with van der Waals surface area (Å²) in [5.74, 6) is 5.23. The third kappa shape index (κ3) is 2.52. The molecule has 0 aliphatic carbocycles. The second-order valence-corrected chi connectivity index (χ2v) is 3.04. The van der Waals surface area contributed by atoms with E-state index >= 15 is 0 Å². The number of hydrogen-bond acceptors (Lipinski definition) is 2. The summed E-state index contributed by atoms with van der Waals surface area (Å²) in [7, 11) is 0. The smallest absolute Gasteiger partial charge is 0.208 e. The lowest BCUT2D eigenvalue weighted by Crippen LogP contribution is -2.36. The zero-order valence-corrected chi connectivity index (χ0v) is 7.88. The van der Waals surface area contributed by atoms with Gasteiger partial charge in [-0.15, -0.1) is 0 Å². The van der Waals surface area contributed by atoms with Crippen molar-refractivity contribution in [1.29, 1.82) is 0 Å². The summed E-state index contributed by atoms with van der Waals surface area (Å²) in [6.45, 7) is 0. The van der Waals surface area contributed by atoms with Crippen molar-refractivity contribution in [2.45, 2.75) is 0 Å². The fourth-order valence-corrected chi connectivity index (χ4v) is 1.10. The van der Waals surface area contributed by atoms with E-state index in [0.717, 1.165) is 10.2 Å².